The Bertz CT molecular complexity index is 538. The molecule has 0 aromatic carbocycles. The van der Waals surface area contributed by atoms with Gasteiger partial charge in [-0.2, -0.15) is 0 Å². The normalized spacial score (nSPS) is 9.94. The summed E-state index contributed by atoms with van der Waals surface area (Å²) in [5.74, 6) is 0.468. The number of amides is 1. The van der Waals surface area contributed by atoms with Gasteiger partial charge in [0.05, 0.1) is 5.56 Å². The van der Waals surface area contributed by atoms with Crippen LogP contribution < -0.4 is 11.1 Å². The molecule has 0 bridgehead atoms. The zero-order chi connectivity index (χ0) is 12.3. The van der Waals surface area contributed by atoms with Crippen molar-refractivity contribution in [2.75, 3.05) is 5.32 Å². The van der Waals surface area contributed by atoms with Crippen molar-refractivity contribution in [3.8, 4) is 0 Å². The topological polar surface area (TPSA) is 93.8 Å². The number of rotatable bonds is 3. The van der Waals surface area contributed by atoms with Crippen LogP contribution in [0.2, 0.25) is 0 Å². The summed E-state index contributed by atoms with van der Waals surface area (Å²) in [6, 6.07) is 3.76. The molecule has 6 heteroatoms. The molecular formula is C11H11N5O. The maximum Gasteiger partial charge on any atom is 0.251 e. The van der Waals surface area contributed by atoms with E-state index in [1.165, 1.54) is 12.4 Å². The molecule has 0 aliphatic carbocycles. The molecule has 17 heavy (non-hydrogen) atoms. The summed E-state index contributed by atoms with van der Waals surface area (Å²) in [4.78, 5) is 22.9. The number of aromatic nitrogens is 3. The minimum Gasteiger partial charge on any atom is -0.366 e. The van der Waals surface area contributed by atoms with E-state index in [-0.39, 0.29) is 5.56 Å². The first kappa shape index (κ1) is 11.0. The van der Waals surface area contributed by atoms with Crippen LogP contribution in [0.3, 0.4) is 0 Å². The summed E-state index contributed by atoms with van der Waals surface area (Å²) < 4.78 is 0. The Kier molecular flexibility index (Phi) is 2.95. The highest BCUT2D eigenvalue weighted by Crippen LogP contribution is 2.10. The third-order valence-corrected chi connectivity index (χ3v) is 2.09. The number of nitrogens with two attached hydrogens (primary N) is 1. The molecule has 0 aliphatic heterocycles. The van der Waals surface area contributed by atoms with Crippen LogP contribution >= 0.6 is 0 Å². The van der Waals surface area contributed by atoms with E-state index in [9.17, 15) is 4.79 Å². The van der Waals surface area contributed by atoms with E-state index < -0.39 is 5.91 Å². The lowest BCUT2D eigenvalue weighted by molar-refractivity contribution is 0.0999. The van der Waals surface area contributed by atoms with Gasteiger partial charge in [-0.05, 0) is 24.6 Å². The second kappa shape index (κ2) is 4.56. The van der Waals surface area contributed by atoms with Crippen LogP contribution in [0.1, 0.15) is 15.9 Å². The van der Waals surface area contributed by atoms with Crippen LogP contribution in [0.15, 0.2) is 30.7 Å². The average molecular weight is 229 g/mol. The van der Waals surface area contributed by atoms with Crippen molar-refractivity contribution in [2.24, 2.45) is 5.73 Å². The number of primary amides is 1. The molecule has 2 rings (SSSR count). The van der Waals surface area contributed by atoms with Crippen molar-refractivity contribution in [1.29, 1.82) is 0 Å². The van der Waals surface area contributed by atoms with Crippen LogP contribution in [0.25, 0.3) is 0 Å². The summed E-state index contributed by atoms with van der Waals surface area (Å²) in [6.45, 7) is 1.96. The molecule has 0 spiro atoms. The summed E-state index contributed by atoms with van der Waals surface area (Å²) >= 11 is 0. The Morgan fingerprint density at radius 1 is 1.29 bits per heavy atom. The Morgan fingerprint density at radius 3 is 2.59 bits per heavy atom. The number of aryl methyl sites for hydroxylation is 1. The molecule has 0 saturated carbocycles. The summed E-state index contributed by atoms with van der Waals surface area (Å²) in [6.07, 6.45) is 4.43. The summed E-state index contributed by atoms with van der Waals surface area (Å²) in [5, 5.41) is 2.93. The van der Waals surface area contributed by atoms with E-state index in [2.05, 4.69) is 20.3 Å². The molecule has 3 N–H and O–H groups in total. The van der Waals surface area contributed by atoms with Gasteiger partial charge in [-0.15, -0.1) is 0 Å². The third kappa shape index (κ3) is 2.75. The second-order valence-electron chi connectivity index (χ2n) is 3.50. The van der Waals surface area contributed by atoms with Gasteiger partial charge in [0.25, 0.3) is 5.91 Å². The first-order valence-electron chi connectivity index (χ1n) is 4.96. The second-order valence-corrected chi connectivity index (χ2v) is 3.50. The molecule has 0 fully saturated rings. The predicted molar refractivity (Wildman–Crippen MR) is 62.8 cm³/mol. The predicted octanol–water partition coefficient (Wildman–Crippen LogP) is 1.02. The average Bonchev–Trinajstić information content (AvgIpc) is 2.29. The van der Waals surface area contributed by atoms with Crippen molar-refractivity contribution in [3.63, 3.8) is 0 Å². The van der Waals surface area contributed by atoms with E-state index >= 15 is 0 Å². The van der Waals surface area contributed by atoms with E-state index in [0.717, 1.165) is 5.56 Å². The highest BCUT2D eigenvalue weighted by Gasteiger charge is 2.03. The van der Waals surface area contributed by atoms with E-state index in [1.807, 2.05) is 19.1 Å². The number of anilines is 2. The number of hydrogen-bond acceptors (Lipinski definition) is 5. The lowest BCUT2D eigenvalue weighted by atomic mass is 10.3. The monoisotopic (exact) mass is 229 g/mol. The number of carbonyl (C=O) groups excluding carboxylic acids is 1. The van der Waals surface area contributed by atoms with Crippen molar-refractivity contribution in [1.82, 2.24) is 15.0 Å². The Morgan fingerprint density at radius 2 is 2.00 bits per heavy atom. The van der Waals surface area contributed by atoms with Crippen LogP contribution in [-0.2, 0) is 0 Å². The molecule has 6 nitrogen and oxygen atoms in total. The molecule has 0 saturated heterocycles. The van der Waals surface area contributed by atoms with Crippen molar-refractivity contribution in [2.45, 2.75) is 6.92 Å². The minimum absolute atomic E-state index is 0.271. The maximum atomic E-state index is 10.8. The highest BCUT2D eigenvalue weighted by molar-refractivity contribution is 5.92. The number of hydrogen-bond donors (Lipinski definition) is 2. The Hall–Kier alpha value is -2.50. The molecule has 2 aromatic heterocycles. The molecule has 2 heterocycles. The van der Waals surface area contributed by atoms with Gasteiger partial charge < -0.3 is 11.1 Å². The molecule has 0 unspecified atom stereocenters. The number of pyridine rings is 1. The standard InChI is InChI=1S/C11H11N5O/c1-7-2-3-13-9(4-7)16-11-14-5-8(6-15-11)10(12)17/h2-6H,1H3,(H2,12,17)(H,13,14,15,16). The van der Waals surface area contributed by atoms with E-state index in [4.69, 9.17) is 5.73 Å². The van der Waals surface area contributed by atoms with Crippen molar-refractivity contribution >= 4 is 17.7 Å². The molecule has 2 aromatic rings. The Balaban J connectivity index is 2.16. The van der Waals surface area contributed by atoms with Gasteiger partial charge in [0, 0.05) is 18.6 Å². The molecule has 86 valence electrons. The van der Waals surface area contributed by atoms with Gasteiger partial charge in [-0.3, -0.25) is 4.79 Å². The van der Waals surface area contributed by atoms with Crippen molar-refractivity contribution in [3.05, 3.63) is 41.9 Å². The fraction of sp³-hybridized carbons (Fsp3) is 0.0909. The zero-order valence-electron chi connectivity index (χ0n) is 9.21. The maximum absolute atomic E-state index is 10.8. The number of carbonyl (C=O) groups is 1. The number of nitrogens with zero attached hydrogens (tertiary/aromatic N) is 3. The summed E-state index contributed by atoms with van der Waals surface area (Å²) in [7, 11) is 0. The molecule has 0 atom stereocenters. The van der Waals surface area contributed by atoms with Gasteiger partial charge >= 0.3 is 0 Å². The SMILES string of the molecule is Cc1ccnc(Nc2ncc(C(N)=O)cn2)c1. The van der Waals surface area contributed by atoms with Gasteiger partial charge in [0.15, 0.2) is 0 Å². The molecule has 1 amide bonds. The lowest BCUT2D eigenvalue weighted by Gasteiger charge is -2.04. The third-order valence-electron chi connectivity index (χ3n) is 2.09. The fourth-order valence-electron chi connectivity index (χ4n) is 1.24. The van der Waals surface area contributed by atoms with Crippen LogP contribution in [0.4, 0.5) is 11.8 Å². The largest absolute Gasteiger partial charge is 0.366 e. The Labute approximate surface area is 97.9 Å². The number of nitrogens with one attached hydrogen (secondary N) is 1. The van der Waals surface area contributed by atoms with Crippen LogP contribution in [-0.4, -0.2) is 20.9 Å². The van der Waals surface area contributed by atoms with Crippen LogP contribution in [0, 0.1) is 6.92 Å². The van der Waals surface area contributed by atoms with Gasteiger partial charge in [-0.1, -0.05) is 0 Å². The van der Waals surface area contributed by atoms with Gasteiger partial charge in [0.2, 0.25) is 5.95 Å². The minimum atomic E-state index is -0.551. The van der Waals surface area contributed by atoms with Crippen LogP contribution in [0.5, 0.6) is 0 Å². The lowest BCUT2D eigenvalue weighted by Crippen LogP contribution is -2.12. The molecular weight excluding hydrogens is 218 g/mol. The zero-order valence-corrected chi connectivity index (χ0v) is 9.21. The van der Waals surface area contributed by atoms with Crippen molar-refractivity contribution < 1.29 is 4.79 Å². The first-order valence-corrected chi connectivity index (χ1v) is 4.96. The summed E-state index contributed by atoms with van der Waals surface area (Å²) in [5.41, 5.74) is 6.44. The molecule has 0 aliphatic rings. The van der Waals surface area contributed by atoms with Gasteiger partial charge in [0.1, 0.15) is 5.82 Å². The molecule has 0 radical (unpaired) electrons. The van der Waals surface area contributed by atoms with Gasteiger partial charge in [-0.25, -0.2) is 15.0 Å². The smallest absolute Gasteiger partial charge is 0.251 e. The van der Waals surface area contributed by atoms with E-state index in [0.29, 0.717) is 11.8 Å². The quantitative estimate of drug-likeness (QED) is 0.819. The first-order chi connectivity index (χ1) is 8.15. The fourth-order valence-corrected chi connectivity index (χ4v) is 1.24. The highest BCUT2D eigenvalue weighted by atomic mass is 16.1. The van der Waals surface area contributed by atoms with E-state index in [1.54, 1.807) is 6.20 Å².